The molecule has 0 saturated carbocycles. The average molecular weight is 358 g/mol. The van der Waals surface area contributed by atoms with E-state index < -0.39 is 0 Å². The van der Waals surface area contributed by atoms with E-state index in [9.17, 15) is 0 Å². The Morgan fingerprint density at radius 3 is 2.41 bits per heavy atom. The molecule has 1 aromatic carbocycles. The number of aryl methyl sites for hydroxylation is 1. The molecular weight excluding hydrogens is 340 g/mol. The zero-order chi connectivity index (χ0) is 18.6. The number of pyridine rings is 2. The maximum Gasteiger partial charge on any atom is 0.258 e. The van der Waals surface area contributed by atoms with Gasteiger partial charge in [-0.3, -0.25) is 4.98 Å². The number of nitrogens with zero attached hydrogens (tertiary/aromatic N) is 4. The number of benzene rings is 1. The van der Waals surface area contributed by atoms with Crippen LogP contribution in [0.1, 0.15) is 12.5 Å². The molecule has 6 heteroatoms. The number of aromatic nitrogens is 4. The van der Waals surface area contributed by atoms with Gasteiger partial charge in [0.2, 0.25) is 11.7 Å². The van der Waals surface area contributed by atoms with E-state index >= 15 is 0 Å². The Hall–Kier alpha value is -3.54. The van der Waals surface area contributed by atoms with Gasteiger partial charge in [-0.25, -0.2) is 4.98 Å². The molecule has 6 nitrogen and oxygen atoms in total. The second-order valence-corrected chi connectivity index (χ2v) is 6.01. The monoisotopic (exact) mass is 358 g/mol. The Morgan fingerprint density at radius 2 is 1.67 bits per heavy atom. The highest BCUT2D eigenvalue weighted by Gasteiger charge is 2.17. The molecule has 4 rings (SSSR count). The van der Waals surface area contributed by atoms with Crippen molar-refractivity contribution < 1.29 is 9.26 Å². The van der Waals surface area contributed by atoms with Crippen molar-refractivity contribution in [2.24, 2.45) is 0 Å². The predicted octanol–water partition coefficient (Wildman–Crippen LogP) is 4.57. The first-order valence-corrected chi connectivity index (χ1v) is 8.70. The van der Waals surface area contributed by atoms with Crippen molar-refractivity contribution >= 4 is 0 Å². The van der Waals surface area contributed by atoms with Crippen LogP contribution in [0.15, 0.2) is 65.4 Å². The molecule has 0 fully saturated rings. The summed E-state index contributed by atoms with van der Waals surface area (Å²) in [6.45, 7) is 4.47. The van der Waals surface area contributed by atoms with Crippen molar-refractivity contribution in [2.45, 2.75) is 13.8 Å². The van der Waals surface area contributed by atoms with E-state index in [0.29, 0.717) is 29.8 Å². The van der Waals surface area contributed by atoms with Crippen molar-refractivity contribution in [3.63, 3.8) is 0 Å². The smallest absolute Gasteiger partial charge is 0.258 e. The fourth-order valence-electron chi connectivity index (χ4n) is 2.69. The molecule has 27 heavy (non-hydrogen) atoms. The van der Waals surface area contributed by atoms with Gasteiger partial charge < -0.3 is 9.26 Å². The lowest BCUT2D eigenvalue weighted by atomic mass is 10.1. The first-order valence-electron chi connectivity index (χ1n) is 8.70. The summed E-state index contributed by atoms with van der Waals surface area (Å²) in [7, 11) is 0. The van der Waals surface area contributed by atoms with Gasteiger partial charge in [0.05, 0.1) is 17.9 Å². The summed E-state index contributed by atoms with van der Waals surface area (Å²) in [5, 5.41) is 4.09. The zero-order valence-electron chi connectivity index (χ0n) is 15.1. The SMILES string of the molecule is CCOc1nc(-c2ccc(C)cc2)ccc1-c1noc(-c2ccncc2)n1. The lowest BCUT2D eigenvalue weighted by Crippen LogP contribution is -1.99. The third-order valence-corrected chi connectivity index (χ3v) is 4.08. The van der Waals surface area contributed by atoms with Gasteiger partial charge in [-0.2, -0.15) is 4.98 Å². The minimum absolute atomic E-state index is 0.428. The van der Waals surface area contributed by atoms with Gasteiger partial charge in [-0.15, -0.1) is 0 Å². The normalized spacial score (nSPS) is 10.7. The molecule has 0 aliphatic carbocycles. The fourth-order valence-corrected chi connectivity index (χ4v) is 2.69. The van der Waals surface area contributed by atoms with Crippen LogP contribution in [-0.4, -0.2) is 26.7 Å². The molecular formula is C21H18N4O2. The minimum atomic E-state index is 0.428. The molecule has 0 bridgehead atoms. The Balaban J connectivity index is 1.72. The van der Waals surface area contributed by atoms with Gasteiger partial charge >= 0.3 is 0 Å². The maximum atomic E-state index is 5.75. The van der Waals surface area contributed by atoms with Crippen LogP contribution in [0.2, 0.25) is 0 Å². The molecule has 3 heterocycles. The first-order chi connectivity index (χ1) is 13.2. The van der Waals surface area contributed by atoms with E-state index in [-0.39, 0.29) is 0 Å². The molecule has 0 amide bonds. The van der Waals surface area contributed by atoms with Crippen molar-refractivity contribution in [3.05, 3.63) is 66.5 Å². The average Bonchev–Trinajstić information content (AvgIpc) is 3.19. The Bertz CT molecular complexity index is 1040. The van der Waals surface area contributed by atoms with Crippen LogP contribution in [0.25, 0.3) is 34.1 Å². The first kappa shape index (κ1) is 16.9. The lowest BCUT2D eigenvalue weighted by molar-refractivity contribution is 0.328. The lowest BCUT2D eigenvalue weighted by Gasteiger charge is -2.09. The van der Waals surface area contributed by atoms with Crippen LogP contribution in [0.5, 0.6) is 5.88 Å². The molecule has 0 unspecified atom stereocenters. The second kappa shape index (κ2) is 7.37. The summed E-state index contributed by atoms with van der Waals surface area (Å²) in [5.74, 6) is 1.35. The van der Waals surface area contributed by atoms with Gasteiger partial charge in [-0.05, 0) is 38.1 Å². The highest BCUT2D eigenvalue weighted by molar-refractivity contribution is 5.69. The largest absolute Gasteiger partial charge is 0.477 e. The summed E-state index contributed by atoms with van der Waals surface area (Å²) in [6, 6.07) is 15.7. The van der Waals surface area contributed by atoms with E-state index in [1.165, 1.54) is 5.56 Å². The van der Waals surface area contributed by atoms with Crippen LogP contribution < -0.4 is 4.74 Å². The van der Waals surface area contributed by atoms with Gasteiger partial charge in [0, 0.05) is 23.5 Å². The summed E-state index contributed by atoms with van der Waals surface area (Å²) in [4.78, 5) is 13.1. The van der Waals surface area contributed by atoms with Crippen LogP contribution in [0, 0.1) is 6.92 Å². The number of hydrogen-bond acceptors (Lipinski definition) is 6. The standard InChI is InChI=1S/C21H18N4O2/c1-3-26-21-17(8-9-18(23-21)15-6-4-14(2)5-7-15)19-24-20(27-25-19)16-10-12-22-13-11-16/h4-13H,3H2,1-2H3. The third kappa shape index (κ3) is 3.55. The molecule has 0 atom stereocenters. The Labute approximate surface area is 156 Å². The van der Waals surface area contributed by atoms with Gasteiger partial charge in [0.25, 0.3) is 5.89 Å². The number of hydrogen-bond donors (Lipinski definition) is 0. The van der Waals surface area contributed by atoms with Gasteiger partial charge in [-0.1, -0.05) is 35.0 Å². The predicted molar refractivity (Wildman–Crippen MR) is 102 cm³/mol. The quantitative estimate of drug-likeness (QED) is 0.520. The summed E-state index contributed by atoms with van der Waals surface area (Å²) in [6.07, 6.45) is 3.37. The maximum absolute atomic E-state index is 5.75. The highest BCUT2D eigenvalue weighted by Crippen LogP contribution is 2.31. The van der Waals surface area contributed by atoms with Crippen LogP contribution >= 0.6 is 0 Å². The molecule has 134 valence electrons. The van der Waals surface area contributed by atoms with Gasteiger partial charge in [0.1, 0.15) is 0 Å². The van der Waals surface area contributed by atoms with Crippen LogP contribution in [0.3, 0.4) is 0 Å². The fraction of sp³-hybridized carbons (Fsp3) is 0.143. The summed E-state index contributed by atoms with van der Waals surface area (Å²) < 4.78 is 11.1. The minimum Gasteiger partial charge on any atom is -0.477 e. The molecule has 0 radical (unpaired) electrons. The molecule has 3 aromatic heterocycles. The Morgan fingerprint density at radius 1 is 0.889 bits per heavy atom. The van der Waals surface area contributed by atoms with E-state index in [2.05, 4.69) is 39.2 Å². The van der Waals surface area contributed by atoms with Crippen molar-refractivity contribution in [3.8, 4) is 40.0 Å². The molecule has 0 N–H and O–H groups in total. The molecule has 4 aromatic rings. The van der Waals surface area contributed by atoms with Crippen molar-refractivity contribution in [2.75, 3.05) is 6.61 Å². The third-order valence-electron chi connectivity index (χ3n) is 4.08. The van der Waals surface area contributed by atoms with Gasteiger partial charge in [0.15, 0.2) is 0 Å². The van der Waals surface area contributed by atoms with Crippen molar-refractivity contribution in [1.82, 2.24) is 20.1 Å². The second-order valence-electron chi connectivity index (χ2n) is 6.01. The molecule has 0 saturated heterocycles. The van der Waals surface area contributed by atoms with Crippen molar-refractivity contribution in [1.29, 1.82) is 0 Å². The summed E-state index contributed by atoms with van der Waals surface area (Å²) in [5.41, 5.74) is 4.57. The van der Waals surface area contributed by atoms with E-state index in [4.69, 9.17) is 9.26 Å². The van der Waals surface area contributed by atoms with E-state index in [1.807, 2.05) is 43.3 Å². The molecule has 0 aliphatic rings. The zero-order valence-corrected chi connectivity index (χ0v) is 15.1. The molecule has 0 spiro atoms. The van der Waals surface area contributed by atoms with E-state index in [0.717, 1.165) is 16.8 Å². The number of ether oxygens (including phenoxy) is 1. The van der Waals surface area contributed by atoms with Crippen LogP contribution in [-0.2, 0) is 0 Å². The Kier molecular flexibility index (Phi) is 4.61. The van der Waals surface area contributed by atoms with Crippen LogP contribution in [0.4, 0.5) is 0 Å². The topological polar surface area (TPSA) is 73.9 Å². The summed E-state index contributed by atoms with van der Waals surface area (Å²) >= 11 is 0. The molecule has 0 aliphatic heterocycles. The highest BCUT2D eigenvalue weighted by atomic mass is 16.5. The van der Waals surface area contributed by atoms with E-state index in [1.54, 1.807) is 12.4 Å². The number of rotatable bonds is 5.